The van der Waals surface area contributed by atoms with Crippen molar-refractivity contribution in [2.24, 2.45) is 11.7 Å². The lowest BCUT2D eigenvalue weighted by molar-refractivity contribution is -0.0573. The highest BCUT2D eigenvalue weighted by molar-refractivity contribution is 5.75. The summed E-state index contributed by atoms with van der Waals surface area (Å²) < 4.78 is 20.7. The number of aryl methyl sites for hydroxylation is 1. The maximum atomic E-state index is 15.5. The number of methoxy groups -OCH3 is 1. The molecule has 0 aliphatic carbocycles. The van der Waals surface area contributed by atoms with Crippen LogP contribution >= 0.6 is 0 Å². The van der Waals surface area contributed by atoms with Gasteiger partial charge in [-0.1, -0.05) is 42.0 Å². The summed E-state index contributed by atoms with van der Waals surface area (Å²) in [6.45, 7) is 3.99. The standard InChI is InChI=1S/C29H40FN3O4/c1-20-8-5-9-21(16-20)27-23(11-6-12-24(27)30)29(36,13-3-4-15-37-2)22-10-7-14-32(17-22)28(35)33-18-25(31)26(34)19-33/h5-6,8-9,11-12,16,22,25-26,34,36H,3-4,7,10,13-15,17-19,31H2,1-2H3/t22?,25-,26-,29+/m1/s1. The van der Waals surface area contributed by atoms with Crippen molar-refractivity contribution >= 4 is 6.03 Å². The number of unbranched alkanes of at least 4 members (excludes halogenated alkanes) is 1. The van der Waals surface area contributed by atoms with Gasteiger partial charge in [-0.2, -0.15) is 0 Å². The number of rotatable bonds is 8. The highest BCUT2D eigenvalue weighted by Crippen LogP contribution is 2.44. The molecule has 2 aliphatic rings. The van der Waals surface area contributed by atoms with Gasteiger partial charge in [0.05, 0.1) is 11.7 Å². The van der Waals surface area contributed by atoms with Crippen molar-refractivity contribution < 1.29 is 24.1 Å². The topological polar surface area (TPSA) is 99.3 Å². The molecule has 7 nitrogen and oxygen atoms in total. The van der Waals surface area contributed by atoms with E-state index in [0.717, 1.165) is 30.4 Å². The fraction of sp³-hybridized carbons (Fsp3) is 0.552. The van der Waals surface area contributed by atoms with Crippen molar-refractivity contribution in [2.75, 3.05) is 39.9 Å². The van der Waals surface area contributed by atoms with Crippen molar-refractivity contribution in [3.63, 3.8) is 0 Å². The summed E-state index contributed by atoms with van der Waals surface area (Å²) in [5, 5.41) is 22.5. The molecule has 4 N–H and O–H groups in total. The van der Waals surface area contributed by atoms with Gasteiger partial charge in [-0.05, 0) is 56.2 Å². The number of nitrogens with two attached hydrogens (primary N) is 1. The van der Waals surface area contributed by atoms with Gasteiger partial charge in [0.25, 0.3) is 0 Å². The van der Waals surface area contributed by atoms with Crippen LogP contribution in [-0.2, 0) is 10.3 Å². The summed E-state index contributed by atoms with van der Waals surface area (Å²) in [7, 11) is 1.65. The van der Waals surface area contributed by atoms with Crippen LogP contribution in [0.4, 0.5) is 9.18 Å². The summed E-state index contributed by atoms with van der Waals surface area (Å²) in [6.07, 6.45) is 2.62. The van der Waals surface area contributed by atoms with E-state index in [9.17, 15) is 15.0 Å². The fourth-order valence-corrected chi connectivity index (χ4v) is 5.89. The number of benzene rings is 2. The molecule has 0 radical (unpaired) electrons. The minimum absolute atomic E-state index is 0.170. The predicted octanol–water partition coefficient (Wildman–Crippen LogP) is 3.64. The molecule has 2 amide bonds. The maximum Gasteiger partial charge on any atom is 0.320 e. The van der Waals surface area contributed by atoms with Crippen LogP contribution in [0.3, 0.4) is 0 Å². The molecule has 0 spiro atoms. The van der Waals surface area contributed by atoms with E-state index in [2.05, 4.69) is 0 Å². The molecular weight excluding hydrogens is 473 g/mol. The smallest absolute Gasteiger partial charge is 0.320 e. The SMILES string of the molecule is COCCCC[C@@](O)(c1cccc(F)c1-c1cccc(C)c1)C1CCCN(C(=O)N2C[C@@H](N)[C@H](O)C2)C1. The van der Waals surface area contributed by atoms with E-state index in [1.807, 2.05) is 37.3 Å². The quantitative estimate of drug-likeness (QED) is 0.468. The normalized spacial score (nSPS) is 23.8. The molecule has 0 aromatic heterocycles. The monoisotopic (exact) mass is 513 g/mol. The van der Waals surface area contributed by atoms with E-state index < -0.39 is 17.7 Å². The van der Waals surface area contributed by atoms with E-state index in [0.29, 0.717) is 50.2 Å². The van der Waals surface area contributed by atoms with Crippen LogP contribution in [0.25, 0.3) is 11.1 Å². The van der Waals surface area contributed by atoms with Gasteiger partial charge >= 0.3 is 6.03 Å². The van der Waals surface area contributed by atoms with Crippen LogP contribution in [0.5, 0.6) is 0 Å². The Kier molecular flexibility index (Phi) is 8.85. The first kappa shape index (κ1) is 27.5. The Bertz CT molecular complexity index is 1070. The van der Waals surface area contributed by atoms with E-state index in [1.54, 1.807) is 23.0 Å². The molecule has 2 aliphatic heterocycles. The molecule has 1 unspecified atom stereocenters. The van der Waals surface area contributed by atoms with Gasteiger partial charge < -0.3 is 30.5 Å². The first-order valence-corrected chi connectivity index (χ1v) is 13.3. The number of hydrogen-bond donors (Lipinski definition) is 3. The van der Waals surface area contributed by atoms with Gasteiger partial charge in [0.1, 0.15) is 5.82 Å². The number of nitrogens with zero attached hydrogens (tertiary/aromatic N) is 2. The van der Waals surface area contributed by atoms with Crippen LogP contribution in [0.15, 0.2) is 42.5 Å². The van der Waals surface area contributed by atoms with E-state index >= 15 is 4.39 Å². The number of ether oxygens (including phenoxy) is 1. The van der Waals surface area contributed by atoms with Crippen molar-refractivity contribution in [1.82, 2.24) is 9.80 Å². The second-order valence-electron chi connectivity index (χ2n) is 10.6. The van der Waals surface area contributed by atoms with E-state index in [1.165, 1.54) is 6.07 Å². The molecule has 2 saturated heterocycles. The zero-order valence-corrected chi connectivity index (χ0v) is 21.9. The Hall–Kier alpha value is -2.52. The Morgan fingerprint density at radius 3 is 2.65 bits per heavy atom. The molecule has 2 aromatic carbocycles. The molecule has 8 heteroatoms. The first-order chi connectivity index (χ1) is 17.7. The highest BCUT2D eigenvalue weighted by Gasteiger charge is 2.44. The fourth-order valence-electron chi connectivity index (χ4n) is 5.89. The van der Waals surface area contributed by atoms with Gasteiger partial charge in [0.2, 0.25) is 0 Å². The van der Waals surface area contributed by atoms with Gasteiger partial charge in [-0.3, -0.25) is 0 Å². The average Bonchev–Trinajstić information content (AvgIpc) is 3.23. The Morgan fingerprint density at radius 1 is 1.16 bits per heavy atom. The Morgan fingerprint density at radius 2 is 1.95 bits per heavy atom. The molecular formula is C29H40FN3O4. The van der Waals surface area contributed by atoms with Crippen LogP contribution in [0.2, 0.25) is 0 Å². The number of urea groups is 1. The van der Waals surface area contributed by atoms with Gasteiger partial charge in [-0.15, -0.1) is 0 Å². The number of aliphatic hydroxyl groups is 2. The largest absolute Gasteiger partial charge is 0.390 e. The van der Waals surface area contributed by atoms with Gasteiger partial charge in [0.15, 0.2) is 0 Å². The maximum absolute atomic E-state index is 15.5. The van der Waals surface area contributed by atoms with E-state index in [-0.39, 0.29) is 24.3 Å². The molecule has 2 fully saturated rings. The number of piperidine rings is 1. The zero-order valence-electron chi connectivity index (χ0n) is 21.9. The summed E-state index contributed by atoms with van der Waals surface area (Å²) in [5.74, 6) is -0.651. The predicted molar refractivity (Wildman–Crippen MR) is 141 cm³/mol. The molecule has 0 saturated carbocycles. The van der Waals surface area contributed by atoms with Crippen LogP contribution in [0.1, 0.15) is 43.2 Å². The lowest BCUT2D eigenvalue weighted by Gasteiger charge is -2.44. The molecule has 2 heterocycles. The summed E-state index contributed by atoms with van der Waals surface area (Å²) in [6, 6.07) is 12.0. The number of aliphatic hydroxyl groups excluding tert-OH is 1. The second-order valence-corrected chi connectivity index (χ2v) is 10.6. The number of hydrogen-bond acceptors (Lipinski definition) is 5. The number of likely N-dealkylation sites (tertiary alicyclic amines) is 2. The number of amides is 2. The molecule has 37 heavy (non-hydrogen) atoms. The number of carbonyl (C=O) groups is 1. The third-order valence-electron chi connectivity index (χ3n) is 7.91. The van der Waals surface area contributed by atoms with Gasteiger partial charge in [-0.25, -0.2) is 9.18 Å². The average molecular weight is 514 g/mol. The zero-order chi connectivity index (χ0) is 26.6. The molecule has 2 aromatic rings. The van der Waals surface area contributed by atoms with Crippen molar-refractivity contribution in [3.8, 4) is 11.1 Å². The van der Waals surface area contributed by atoms with Crippen LogP contribution < -0.4 is 5.73 Å². The summed E-state index contributed by atoms with van der Waals surface area (Å²) in [4.78, 5) is 16.7. The minimum atomic E-state index is -1.34. The van der Waals surface area contributed by atoms with E-state index in [4.69, 9.17) is 10.5 Å². The van der Waals surface area contributed by atoms with Crippen LogP contribution in [-0.4, -0.2) is 78.1 Å². The third-order valence-corrected chi connectivity index (χ3v) is 7.91. The Balaban J connectivity index is 1.68. The summed E-state index contributed by atoms with van der Waals surface area (Å²) >= 11 is 0. The lowest BCUT2D eigenvalue weighted by atomic mass is 9.72. The Labute approximate surface area is 219 Å². The lowest BCUT2D eigenvalue weighted by Crippen LogP contribution is -2.52. The minimum Gasteiger partial charge on any atom is -0.390 e. The van der Waals surface area contributed by atoms with Crippen LogP contribution in [0, 0.1) is 18.7 Å². The molecule has 4 atom stereocenters. The highest BCUT2D eigenvalue weighted by atomic mass is 19.1. The second kappa shape index (κ2) is 11.9. The van der Waals surface area contributed by atoms with Gasteiger partial charge in [0, 0.05) is 57.4 Å². The number of halogens is 1. The molecule has 202 valence electrons. The third kappa shape index (κ3) is 5.98. The summed E-state index contributed by atoms with van der Waals surface area (Å²) in [5.41, 5.74) is 7.31. The van der Waals surface area contributed by atoms with Crippen molar-refractivity contribution in [3.05, 3.63) is 59.4 Å². The first-order valence-electron chi connectivity index (χ1n) is 13.3. The number of carbonyl (C=O) groups excluding carboxylic acids is 1. The van der Waals surface area contributed by atoms with Crippen molar-refractivity contribution in [1.29, 1.82) is 0 Å². The molecule has 0 bridgehead atoms. The van der Waals surface area contributed by atoms with Crippen molar-refractivity contribution in [2.45, 2.75) is 56.8 Å². The molecule has 4 rings (SSSR count). The number of β-amino-alcohol motifs (C(OH)–C–C–N with tert-alkyl or cyclic N) is 1.